The molecule has 1 unspecified atom stereocenters. The third-order valence-electron chi connectivity index (χ3n) is 16.0. The molecule has 87 heavy (non-hydrogen) atoms. The number of carbonyl (C=O) groups excluding carboxylic acids is 8. The first-order valence-corrected chi connectivity index (χ1v) is 34.3. The molecular weight excluding hydrogens is 1180 g/mol. The average Bonchev–Trinajstić information content (AvgIpc) is 4.48. The number of nitrogens with one attached hydrogen (secondary N) is 8. The predicted molar refractivity (Wildman–Crippen MR) is 350 cm³/mol. The number of primary amides is 1. The lowest BCUT2D eigenvalue weighted by Crippen LogP contribution is -2.61. The molecule has 0 radical (unpaired) electrons. The van der Waals surface area contributed by atoms with Crippen LogP contribution < -0.4 is 49.1 Å². The normalized spacial score (nSPS) is 22.9. The van der Waals surface area contributed by atoms with Crippen LogP contribution in [0.5, 0.6) is 0 Å². The van der Waals surface area contributed by atoms with Gasteiger partial charge in [0.2, 0.25) is 41.4 Å². The monoisotopic (exact) mass is 1260 g/mol. The lowest BCUT2D eigenvalue weighted by atomic mass is 9.90. The number of rotatable bonds is 21. The highest BCUT2D eigenvalue weighted by atomic mass is 33.1. The maximum Gasteiger partial charge on any atom is 0.244 e. The Hall–Kier alpha value is -6.76. The van der Waals surface area contributed by atoms with Crippen molar-refractivity contribution in [3.05, 3.63) is 143 Å². The molecule has 0 aliphatic carbocycles. The van der Waals surface area contributed by atoms with Crippen molar-refractivity contribution >= 4 is 114 Å². The van der Waals surface area contributed by atoms with Crippen LogP contribution in [0.4, 0.5) is 0 Å². The summed E-state index contributed by atoms with van der Waals surface area (Å²) in [7, 11) is 2.27. The second-order valence-corrected chi connectivity index (χ2v) is 28.4. The van der Waals surface area contributed by atoms with Crippen LogP contribution >= 0.6 is 45.1 Å². The number of H-pyrrole nitrogens is 2. The Bertz CT molecular complexity index is 3340. The van der Waals surface area contributed by atoms with Gasteiger partial charge in [-0.15, -0.1) is 23.5 Å². The highest BCUT2D eigenvalue weighted by Crippen LogP contribution is 2.39. The standard InChI is InChI=1S/C64H81N11O8S4/c1-37(2)57-64(83)74-54(63(82)71-51(58(67)77)29-43-32-68-48-20-9-7-18-45(43)48)35-87-86-34-53(73-60(79)47(66)28-39-14-5-4-6-15-39)55(76)31-42(27-41-17-13-16-40(26-41)23-24-56-38(3)84-36-85-56)59(78)72-52(30-44-33-69-49-21-10-8-19-46(44)49)62(81)70-50(61(80)75-57)22-11-12-25-65/h4-10,13-21,26,32-33,37-38,42,47,50-54,56-57,68-69H,11-12,22-25,27-31,34-36,65-66H2,1-3H3,(H2,67,77)(H,70,81)(H,71,82)(H,72,78)(H,73,79)(H,74,83)(H,75,80)/t38?,42-,47-,50+,51-,52-,53+,54+,56+,57+/m1/s1. The molecule has 6 aromatic rings. The van der Waals surface area contributed by atoms with Crippen LogP contribution in [0.3, 0.4) is 0 Å². The number of nitrogens with two attached hydrogens (primary N) is 3. The van der Waals surface area contributed by atoms with Crippen molar-refractivity contribution in [2.24, 2.45) is 29.0 Å². The number of carbonyl (C=O) groups is 8. The summed E-state index contributed by atoms with van der Waals surface area (Å²) in [6.45, 7) is 6.01. The van der Waals surface area contributed by atoms with E-state index in [1.807, 2.05) is 115 Å². The van der Waals surface area contributed by atoms with E-state index in [0.29, 0.717) is 35.4 Å². The van der Waals surface area contributed by atoms with Gasteiger partial charge in [-0.05, 0) is 97.4 Å². The molecule has 23 heteroatoms. The number of aromatic nitrogens is 2. The lowest BCUT2D eigenvalue weighted by molar-refractivity contribution is -0.136. The third-order valence-corrected chi connectivity index (χ3v) is 21.6. The average molecular weight is 1260 g/mol. The van der Waals surface area contributed by atoms with Gasteiger partial charge in [-0.3, -0.25) is 38.4 Å². The number of unbranched alkanes of at least 4 members (excludes halogenated alkanes) is 1. The molecule has 7 amide bonds. The minimum Gasteiger partial charge on any atom is -0.368 e. The third kappa shape index (κ3) is 18.9. The summed E-state index contributed by atoms with van der Waals surface area (Å²) in [5, 5.41) is 21.0. The smallest absolute Gasteiger partial charge is 0.244 e. The van der Waals surface area contributed by atoms with E-state index in [1.54, 1.807) is 26.2 Å². The van der Waals surface area contributed by atoms with Crippen LogP contribution in [-0.2, 0) is 70.5 Å². The summed E-state index contributed by atoms with van der Waals surface area (Å²) in [6.07, 6.45) is 6.23. The summed E-state index contributed by atoms with van der Waals surface area (Å²) < 4.78 is 0. The molecular formula is C64H81N11O8S4. The number of hydrogen-bond acceptors (Lipinski definition) is 14. The van der Waals surface area contributed by atoms with E-state index in [1.165, 1.54) is 0 Å². The van der Waals surface area contributed by atoms with E-state index in [0.717, 1.165) is 83.6 Å². The Morgan fingerprint density at radius 1 is 0.667 bits per heavy atom. The molecule has 0 spiro atoms. The van der Waals surface area contributed by atoms with Crippen molar-refractivity contribution < 1.29 is 38.4 Å². The Balaban J connectivity index is 1.15. The molecule has 8 rings (SSSR count). The van der Waals surface area contributed by atoms with E-state index < -0.39 is 101 Å². The molecule has 2 aromatic heterocycles. The molecule has 14 N–H and O–H groups in total. The first-order chi connectivity index (χ1) is 41.9. The second-order valence-electron chi connectivity index (χ2n) is 22.8. The number of hydrogen-bond donors (Lipinski definition) is 11. The fourth-order valence-corrected chi connectivity index (χ4v) is 16.5. The molecule has 10 atom stereocenters. The first-order valence-electron chi connectivity index (χ1n) is 29.7. The number of Topliss-reactive ketones (excluding diaryl/α,β-unsaturated/α-hetero) is 1. The topological polar surface area (TPSA) is 318 Å². The van der Waals surface area contributed by atoms with Crippen LogP contribution in [-0.4, -0.2) is 133 Å². The zero-order valence-corrected chi connectivity index (χ0v) is 52.6. The van der Waals surface area contributed by atoms with Gasteiger partial charge in [0.05, 0.1) is 12.1 Å². The maximum absolute atomic E-state index is 15.3. The van der Waals surface area contributed by atoms with E-state index in [9.17, 15) is 24.0 Å². The van der Waals surface area contributed by atoms with Crippen molar-refractivity contribution in [3.63, 3.8) is 0 Å². The quantitative estimate of drug-likeness (QED) is 0.0312. The molecule has 2 fully saturated rings. The molecule has 2 aliphatic heterocycles. The van der Waals surface area contributed by atoms with Crippen molar-refractivity contribution in [2.45, 2.75) is 138 Å². The van der Waals surface area contributed by atoms with E-state index in [-0.39, 0.29) is 50.0 Å². The molecule has 4 aromatic carbocycles. The highest BCUT2D eigenvalue weighted by Gasteiger charge is 2.37. The minimum atomic E-state index is -1.35. The van der Waals surface area contributed by atoms with E-state index in [2.05, 4.69) is 60.9 Å². The number of fused-ring (bicyclic) bond motifs is 2. The molecule has 2 aliphatic rings. The predicted octanol–water partition coefficient (Wildman–Crippen LogP) is 5.52. The number of benzene rings is 4. The summed E-state index contributed by atoms with van der Waals surface area (Å²) in [5.74, 6) is -7.18. The van der Waals surface area contributed by atoms with Crippen molar-refractivity contribution in [1.29, 1.82) is 0 Å². The number of thioether (sulfide) groups is 2. The first kappa shape index (κ1) is 66.2. The van der Waals surface area contributed by atoms with Crippen molar-refractivity contribution in [2.75, 3.05) is 23.1 Å². The zero-order valence-electron chi connectivity index (χ0n) is 49.4. The fraction of sp³-hybridized carbons (Fsp3) is 0.438. The number of ketones is 1. The van der Waals surface area contributed by atoms with E-state index in [4.69, 9.17) is 17.2 Å². The van der Waals surface area contributed by atoms with E-state index >= 15 is 14.4 Å². The number of para-hydroxylation sites is 2. The van der Waals surface area contributed by atoms with Crippen LogP contribution in [0.25, 0.3) is 21.8 Å². The molecule has 4 heterocycles. The maximum atomic E-state index is 15.3. The fourth-order valence-electron chi connectivity index (χ4n) is 10.9. The number of aryl methyl sites for hydroxylation is 1. The van der Waals surface area contributed by atoms with Crippen molar-refractivity contribution in [3.8, 4) is 0 Å². The van der Waals surface area contributed by atoms with Gasteiger partial charge in [-0.25, -0.2) is 0 Å². The van der Waals surface area contributed by atoms with Gasteiger partial charge in [0.25, 0.3) is 0 Å². The lowest BCUT2D eigenvalue weighted by Gasteiger charge is -2.29. The molecule has 0 saturated carbocycles. The van der Waals surface area contributed by atoms with Crippen molar-refractivity contribution in [1.82, 2.24) is 41.9 Å². The van der Waals surface area contributed by atoms with Gasteiger partial charge in [0.15, 0.2) is 5.78 Å². The second kappa shape index (κ2) is 32.5. The minimum absolute atomic E-state index is 0.0184. The van der Waals surface area contributed by atoms with Gasteiger partial charge < -0.3 is 59.1 Å². The van der Waals surface area contributed by atoms with Gasteiger partial charge in [0, 0.05) is 86.5 Å². The van der Waals surface area contributed by atoms with Crippen LogP contribution in [0.2, 0.25) is 0 Å². The van der Waals surface area contributed by atoms with Crippen LogP contribution in [0.1, 0.15) is 80.7 Å². The zero-order chi connectivity index (χ0) is 62.0. The van der Waals surface area contributed by atoms with Gasteiger partial charge in [-0.1, -0.05) is 133 Å². The molecule has 0 bridgehead atoms. The Morgan fingerprint density at radius 2 is 1.31 bits per heavy atom. The highest BCUT2D eigenvalue weighted by molar-refractivity contribution is 8.76. The summed E-state index contributed by atoms with van der Waals surface area (Å²) in [6, 6.07) is 23.6. The summed E-state index contributed by atoms with van der Waals surface area (Å²) in [4.78, 5) is 123. The Kier molecular flexibility index (Phi) is 24.7. The Morgan fingerprint density at radius 3 is 2.00 bits per heavy atom. The molecule has 464 valence electrons. The number of amides is 7. The summed E-state index contributed by atoms with van der Waals surface area (Å²) >= 11 is 3.91. The van der Waals surface area contributed by atoms with Gasteiger partial charge in [0.1, 0.15) is 30.2 Å². The summed E-state index contributed by atoms with van der Waals surface area (Å²) in [5.41, 5.74) is 24.2. The largest absolute Gasteiger partial charge is 0.368 e. The molecule has 2 saturated heterocycles. The Labute approximate surface area is 524 Å². The molecule has 19 nitrogen and oxygen atoms in total. The van der Waals surface area contributed by atoms with Crippen LogP contribution in [0, 0.1) is 11.8 Å². The van der Waals surface area contributed by atoms with Crippen LogP contribution in [0.15, 0.2) is 116 Å². The number of aromatic amines is 2. The SMILES string of the molecule is CC1SCS[C@H]1CCc1cccc(C[C@@H]2CC(=O)[C@@H](NC(=O)[C@H](N)Cc3ccccc3)CSSC[C@@H](C(=O)N[C@H](Cc3c[nH]c4ccccc34)C(N)=O)NC(=O)[C@H](C(C)C)NC(=O)[C@H](CCCCN)NC(=O)[C@@H](Cc3c[nH]c4ccccc34)NC2=O)c1. The van der Waals surface area contributed by atoms with Gasteiger partial charge in [-0.2, -0.15) is 0 Å². The van der Waals surface area contributed by atoms with Gasteiger partial charge >= 0.3 is 0 Å².